The molecule has 1 heterocycles. The summed E-state index contributed by atoms with van der Waals surface area (Å²) >= 11 is 12.2. The van der Waals surface area contributed by atoms with Crippen molar-refractivity contribution in [1.29, 1.82) is 0 Å². The first kappa shape index (κ1) is 15.7. The van der Waals surface area contributed by atoms with Crippen LogP contribution in [0.3, 0.4) is 0 Å². The summed E-state index contributed by atoms with van der Waals surface area (Å²) in [6.45, 7) is 2.04. The lowest BCUT2D eigenvalue weighted by molar-refractivity contribution is 0.414. The van der Waals surface area contributed by atoms with Crippen molar-refractivity contribution < 1.29 is 4.74 Å². The Morgan fingerprint density at radius 3 is 2.29 bits per heavy atom. The minimum atomic E-state index is 0.0480. The summed E-state index contributed by atoms with van der Waals surface area (Å²) in [4.78, 5) is 4.38. The highest BCUT2D eigenvalue weighted by atomic mass is 35.5. The number of pyridine rings is 1. The summed E-state index contributed by atoms with van der Waals surface area (Å²) in [5, 5.41) is 7.19. The largest absolute Gasteiger partial charge is 0.497 e. The molecule has 0 saturated heterocycles. The molecule has 6 heteroatoms. The smallest absolute Gasteiger partial charge is 0.147 e. The maximum atomic E-state index is 6.18. The number of hydrogen-bond acceptors (Lipinski definition) is 4. The van der Waals surface area contributed by atoms with E-state index in [4.69, 9.17) is 27.9 Å². The number of halogens is 2. The number of nitrogens with zero attached hydrogens (tertiary/aromatic N) is 1. The Labute approximate surface area is 134 Å². The van der Waals surface area contributed by atoms with E-state index < -0.39 is 0 Å². The number of hydrogen-bond donors (Lipinski definition) is 2. The SMILES string of the molecule is CNc1nc(NC(C)c2ccc(OC)cc2)c(Cl)cc1Cl. The quantitative estimate of drug-likeness (QED) is 0.842. The van der Waals surface area contributed by atoms with E-state index >= 15 is 0 Å². The first-order valence-corrected chi connectivity index (χ1v) is 7.25. The Bertz CT molecular complexity index is 617. The molecule has 0 amide bonds. The highest BCUT2D eigenvalue weighted by molar-refractivity contribution is 6.37. The molecule has 1 aromatic heterocycles. The molecule has 4 nitrogen and oxygen atoms in total. The number of anilines is 2. The molecule has 2 aromatic rings. The van der Waals surface area contributed by atoms with Crippen molar-refractivity contribution >= 4 is 34.8 Å². The van der Waals surface area contributed by atoms with Crippen molar-refractivity contribution in [3.63, 3.8) is 0 Å². The normalized spacial score (nSPS) is 11.9. The van der Waals surface area contributed by atoms with Crippen molar-refractivity contribution in [1.82, 2.24) is 4.98 Å². The third-order valence-electron chi connectivity index (χ3n) is 3.14. The van der Waals surface area contributed by atoms with Crippen LogP contribution in [-0.2, 0) is 0 Å². The summed E-state index contributed by atoms with van der Waals surface area (Å²) in [7, 11) is 3.41. The molecule has 0 aliphatic rings. The molecular formula is C15H17Cl2N3O. The van der Waals surface area contributed by atoms with Crippen LogP contribution >= 0.6 is 23.2 Å². The summed E-state index contributed by atoms with van der Waals surface area (Å²) in [6.07, 6.45) is 0. The van der Waals surface area contributed by atoms with Gasteiger partial charge in [0, 0.05) is 13.1 Å². The Kier molecular flexibility index (Phi) is 5.15. The van der Waals surface area contributed by atoms with Gasteiger partial charge in [-0.3, -0.25) is 0 Å². The van der Waals surface area contributed by atoms with Crippen molar-refractivity contribution in [3.8, 4) is 5.75 Å². The van der Waals surface area contributed by atoms with Crippen LogP contribution in [-0.4, -0.2) is 19.1 Å². The third kappa shape index (κ3) is 3.71. The molecule has 1 atom stereocenters. The number of nitrogens with one attached hydrogen (secondary N) is 2. The maximum absolute atomic E-state index is 6.18. The standard InChI is InChI=1S/C15H17Cl2N3O/c1-9(10-4-6-11(21-3)7-5-10)19-15-13(17)8-12(16)14(18-2)20-15/h4-9H,1-3H3,(H2,18,19,20). The van der Waals surface area contributed by atoms with Crippen LogP contribution < -0.4 is 15.4 Å². The van der Waals surface area contributed by atoms with Crippen molar-refractivity contribution in [2.24, 2.45) is 0 Å². The lowest BCUT2D eigenvalue weighted by Gasteiger charge is -2.17. The fourth-order valence-corrected chi connectivity index (χ4v) is 2.43. The van der Waals surface area contributed by atoms with Gasteiger partial charge in [-0.05, 0) is 30.7 Å². The van der Waals surface area contributed by atoms with Gasteiger partial charge in [-0.1, -0.05) is 35.3 Å². The minimum absolute atomic E-state index is 0.0480. The monoisotopic (exact) mass is 325 g/mol. The van der Waals surface area contributed by atoms with E-state index in [0.717, 1.165) is 11.3 Å². The van der Waals surface area contributed by atoms with Crippen LogP contribution in [0.4, 0.5) is 11.6 Å². The van der Waals surface area contributed by atoms with Gasteiger partial charge in [0.1, 0.15) is 17.4 Å². The number of benzene rings is 1. The molecule has 112 valence electrons. The van der Waals surface area contributed by atoms with Crippen molar-refractivity contribution in [2.75, 3.05) is 24.8 Å². The van der Waals surface area contributed by atoms with Gasteiger partial charge in [0.15, 0.2) is 0 Å². The van der Waals surface area contributed by atoms with Crippen LogP contribution in [0.1, 0.15) is 18.5 Å². The van der Waals surface area contributed by atoms with Gasteiger partial charge in [0.25, 0.3) is 0 Å². The highest BCUT2D eigenvalue weighted by Crippen LogP contribution is 2.31. The molecule has 2 rings (SSSR count). The molecule has 0 aliphatic carbocycles. The van der Waals surface area contributed by atoms with E-state index in [2.05, 4.69) is 15.6 Å². The zero-order chi connectivity index (χ0) is 15.4. The van der Waals surface area contributed by atoms with E-state index in [9.17, 15) is 0 Å². The van der Waals surface area contributed by atoms with E-state index in [1.165, 1.54) is 0 Å². The zero-order valence-corrected chi connectivity index (χ0v) is 13.6. The highest BCUT2D eigenvalue weighted by Gasteiger charge is 2.12. The molecule has 1 unspecified atom stereocenters. The molecule has 0 fully saturated rings. The topological polar surface area (TPSA) is 46.2 Å². The number of aromatic nitrogens is 1. The second-order valence-electron chi connectivity index (χ2n) is 4.54. The zero-order valence-electron chi connectivity index (χ0n) is 12.1. The predicted octanol–water partition coefficient (Wildman–Crippen LogP) is 4.61. The first-order valence-electron chi connectivity index (χ1n) is 6.49. The van der Waals surface area contributed by atoms with Gasteiger partial charge in [0.05, 0.1) is 17.2 Å². The van der Waals surface area contributed by atoms with Gasteiger partial charge >= 0.3 is 0 Å². The Balaban J connectivity index is 2.20. The van der Waals surface area contributed by atoms with Gasteiger partial charge in [-0.2, -0.15) is 0 Å². The summed E-state index contributed by atoms with van der Waals surface area (Å²) in [5.74, 6) is 2.00. The molecule has 0 bridgehead atoms. The number of ether oxygens (including phenoxy) is 1. The van der Waals surface area contributed by atoms with Crippen molar-refractivity contribution in [3.05, 3.63) is 45.9 Å². The van der Waals surface area contributed by atoms with E-state index in [-0.39, 0.29) is 6.04 Å². The number of methoxy groups -OCH3 is 1. The lowest BCUT2D eigenvalue weighted by atomic mass is 10.1. The molecule has 0 spiro atoms. The van der Waals surface area contributed by atoms with Gasteiger partial charge in [-0.25, -0.2) is 4.98 Å². The predicted molar refractivity (Wildman–Crippen MR) is 88.8 cm³/mol. The fourth-order valence-electron chi connectivity index (χ4n) is 1.92. The van der Waals surface area contributed by atoms with Crippen molar-refractivity contribution in [2.45, 2.75) is 13.0 Å². The maximum Gasteiger partial charge on any atom is 0.147 e. The molecular weight excluding hydrogens is 309 g/mol. The van der Waals surface area contributed by atoms with Gasteiger partial charge in [0.2, 0.25) is 0 Å². The Morgan fingerprint density at radius 1 is 1.10 bits per heavy atom. The van der Waals surface area contributed by atoms with Gasteiger partial charge in [-0.15, -0.1) is 0 Å². The van der Waals surface area contributed by atoms with Crippen LogP contribution in [0.5, 0.6) is 5.75 Å². The Morgan fingerprint density at radius 2 is 1.71 bits per heavy atom. The molecule has 21 heavy (non-hydrogen) atoms. The lowest BCUT2D eigenvalue weighted by Crippen LogP contribution is -2.09. The summed E-state index contributed by atoms with van der Waals surface area (Å²) in [5.41, 5.74) is 1.11. The summed E-state index contributed by atoms with van der Waals surface area (Å²) in [6, 6.07) is 9.56. The summed E-state index contributed by atoms with van der Waals surface area (Å²) < 4.78 is 5.15. The van der Waals surface area contributed by atoms with Crippen LogP contribution in [0.15, 0.2) is 30.3 Å². The average molecular weight is 326 g/mol. The molecule has 2 N–H and O–H groups in total. The fraction of sp³-hybridized carbons (Fsp3) is 0.267. The Hall–Kier alpha value is -1.65. The van der Waals surface area contributed by atoms with E-state index in [0.29, 0.717) is 21.7 Å². The second kappa shape index (κ2) is 6.87. The van der Waals surface area contributed by atoms with Crippen LogP contribution in [0.2, 0.25) is 10.0 Å². The van der Waals surface area contributed by atoms with E-state index in [1.807, 2.05) is 31.2 Å². The average Bonchev–Trinajstić information content (AvgIpc) is 2.50. The second-order valence-corrected chi connectivity index (χ2v) is 5.35. The molecule has 1 aromatic carbocycles. The third-order valence-corrected chi connectivity index (χ3v) is 3.71. The molecule has 0 saturated carbocycles. The number of rotatable bonds is 5. The van der Waals surface area contributed by atoms with Gasteiger partial charge < -0.3 is 15.4 Å². The minimum Gasteiger partial charge on any atom is -0.497 e. The first-order chi connectivity index (χ1) is 10.0. The van der Waals surface area contributed by atoms with Crippen LogP contribution in [0.25, 0.3) is 0 Å². The van der Waals surface area contributed by atoms with Crippen LogP contribution in [0, 0.1) is 0 Å². The molecule has 0 aliphatic heterocycles. The van der Waals surface area contributed by atoms with E-state index in [1.54, 1.807) is 20.2 Å². The molecule has 0 radical (unpaired) electrons.